The van der Waals surface area contributed by atoms with Crippen molar-refractivity contribution in [2.75, 3.05) is 30.9 Å². The molecule has 2 aromatic heterocycles. The van der Waals surface area contributed by atoms with Gasteiger partial charge in [-0.05, 0) is 55.5 Å². The molecule has 1 aliphatic rings. The summed E-state index contributed by atoms with van der Waals surface area (Å²) in [4.78, 5) is 8.86. The number of ether oxygens (including phenoxy) is 1. The lowest BCUT2D eigenvalue weighted by Gasteiger charge is -2.30. The Balaban J connectivity index is 1.38. The molecule has 1 aliphatic carbocycles. The maximum Gasteiger partial charge on any atom is 0.126 e. The van der Waals surface area contributed by atoms with Crippen LogP contribution in [0.15, 0.2) is 55.0 Å². The van der Waals surface area contributed by atoms with Gasteiger partial charge in [0, 0.05) is 62.0 Å². The number of rotatable bonds is 10. The number of halogens is 2. The van der Waals surface area contributed by atoms with Crippen LogP contribution in [0.2, 0.25) is 5.02 Å². The average Bonchev–Trinajstić information content (AvgIpc) is 2.85. The van der Waals surface area contributed by atoms with Crippen LogP contribution in [0.4, 0.5) is 15.9 Å². The van der Waals surface area contributed by atoms with E-state index in [2.05, 4.69) is 25.9 Å². The van der Waals surface area contributed by atoms with E-state index in [1.54, 1.807) is 31.8 Å². The van der Waals surface area contributed by atoms with E-state index in [9.17, 15) is 4.39 Å². The number of benzene rings is 1. The molecule has 0 spiro atoms. The number of hydrogen-bond donors (Lipinski definition) is 3. The van der Waals surface area contributed by atoms with Crippen LogP contribution in [0.1, 0.15) is 31.2 Å². The number of methoxy groups -OCH3 is 1. The van der Waals surface area contributed by atoms with Crippen molar-refractivity contribution >= 4 is 23.1 Å². The first kappa shape index (κ1) is 24.4. The van der Waals surface area contributed by atoms with Gasteiger partial charge in [0.25, 0.3) is 0 Å². The summed E-state index contributed by atoms with van der Waals surface area (Å²) < 4.78 is 18.6. The van der Waals surface area contributed by atoms with Gasteiger partial charge in [0.15, 0.2) is 0 Å². The Morgan fingerprint density at radius 2 is 1.88 bits per heavy atom. The molecular weight excluding hydrogens is 453 g/mol. The fourth-order valence-corrected chi connectivity index (χ4v) is 4.50. The van der Waals surface area contributed by atoms with E-state index < -0.39 is 0 Å². The number of hydrogen-bond acceptors (Lipinski definition) is 6. The second-order valence-corrected chi connectivity index (χ2v) is 9.04. The van der Waals surface area contributed by atoms with Gasteiger partial charge < -0.3 is 20.7 Å². The first-order chi connectivity index (χ1) is 16.6. The van der Waals surface area contributed by atoms with Crippen molar-refractivity contribution in [3.63, 3.8) is 0 Å². The van der Waals surface area contributed by atoms with Crippen LogP contribution in [0, 0.1) is 5.82 Å². The fourth-order valence-electron chi connectivity index (χ4n) is 4.29. The summed E-state index contributed by atoms with van der Waals surface area (Å²) >= 11 is 6.50. The van der Waals surface area contributed by atoms with Gasteiger partial charge in [0.2, 0.25) is 0 Å². The Morgan fingerprint density at radius 3 is 2.68 bits per heavy atom. The van der Waals surface area contributed by atoms with Crippen LogP contribution in [0.5, 0.6) is 0 Å². The summed E-state index contributed by atoms with van der Waals surface area (Å²) in [5.41, 5.74) is 3.47. The van der Waals surface area contributed by atoms with Crippen LogP contribution in [0.3, 0.4) is 0 Å². The van der Waals surface area contributed by atoms with Crippen molar-refractivity contribution in [2.45, 2.75) is 44.3 Å². The Kier molecular flexibility index (Phi) is 8.68. The SMILES string of the molecule is COCCN[C@H]1CC[C@H](Nc2cc(-c3cncc(NCc4cccc(F)c4)c3)c(Cl)cn2)CC1. The van der Waals surface area contributed by atoms with Crippen LogP contribution in [-0.4, -0.2) is 42.3 Å². The van der Waals surface area contributed by atoms with Crippen molar-refractivity contribution in [3.8, 4) is 11.1 Å². The Morgan fingerprint density at radius 1 is 1.06 bits per heavy atom. The van der Waals surface area contributed by atoms with Gasteiger partial charge in [-0.15, -0.1) is 0 Å². The van der Waals surface area contributed by atoms with Crippen LogP contribution in [-0.2, 0) is 11.3 Å². The van der Waals surface area contributed by atoms with Gasteiger partial charge >= 0.3 is 0 Å². The standard InChI is InChI=1S/C26H31ClFN5O/c1-34-10-9-30-21-5-7-22(8-6-21)33-26-13-24(25(27)17-32-26)19-12-23(16-29-15-19)31-14-18-3-2-4-20(28)11-18/h2-4,11-13,15-17,21-22,30-31H,5-10,14H2,1H3,(H,32,33)/t21-,22-. The van der Waals surface area contributed by atoms with E-state index in [1.165, 1.54) is 12.1 Å². The number of aromatic nitrogens is 2. The predicted octanol–water partition coefficient (Wildman–Crippen LogP) is 5.51. The van der Waals surface area contributed by atoms with E-state index in [4.69, 9.17) is 16.3 Å². The molecular formula is C26H31ClFN5O. The van der Waals surface area contributed by atoms with Crippen LogP contribution in [0.25, 0.3) is 11.1 Å². The molecule has 1 fully saturated rings. The van der Waals surface area contributed by atoms with Gasteiger partial charge in [-0.1, -0.05) is 23.7 Å². The molecule has 2 heterocycles. The monoisotopic (exact) mass is 483 g/mol. The molecule has 0 saturated heterocycles. The predicted molar refractivity (Wildman–Crippen MR) is 136 cm³/mol. The van der Waals surface area contributed by atoms with E-state index in [1.807, 2.05) is 18.2 Å². The summed E-state index contributed by atoms with van der Waals surface area (Å²) in [5.74, 6) is 0.568. The van der Waals surface area contributed by atoms with Gasteiger partial charge in [-0.3, -0.25) is 4.98 Å². The van der Waals surface area contributed by atoms with Gasteiger partial charge in [0.05, 0.1) is 17.3 Å². The first-order valence-electron chi connectivity index (χ1n) is 11.7. The third-order valence-electron chi connectivity index (χ3n) is 6.11. The van der Waals surface area contributed by atoms with Gasteiger partial charge in [-0.25, -0.2) is 9.37 Å². The molecule has 0 aliphatic heterocycles. The molecule has 0 radical (unpaired) electrons. The highest BCUT2D eigenvalue weighted by molar-refractivity contribution is 6.33. The van der Waals surface area contributed by atoms with E-state index >= 15 is 0 Å². The summed E-state index contributed by atoms with van der Waals surface area (Å²) in [5, 5.41) is 11.0. The van der Waals surface area contributed by atoms with Crippen LogP contribution < -0.4 is 16.0 Å². The lowest BCUT2D eigenvalue weighted by molar-refractivity contribution is 0.191. The summed E-state index contributed by atoms with van der Waals surface area (Å²) in [6.45, 7) is 2.14. The van der Waals surface area contributed by atoms with Crippen molar-refractivity contribution in [1.82, 2.24) is 15.3 Å². The maximum atomic E-state index is 13.4. The van der Waals surface area contributed by atoms with Gasteiger partial charge in [0.1, 0.15) is 11.6 Å². The molecule has 3 N–H and O–H groups in total. The zero-order chi connectivity index (χ0) is 23.8. The molecule has 1 saturated carbocycles. The molecule has 3 aromatic rings. The van der Waals surface area contributed by atoms with E-state index in [-0.39, 0.29) is 5.82 Å². The lowest BCUT2D eigenvalue weighted by atomic mass is 9.91. The summed E-state index contributed by atoms with van der Waals surface area (Å²) in [7, 11) is 1.73. The normalized spacial score (nSPS) is 18.0. The highest BCUT2D eigenvalue weighted by Crippen LogP contribution is 2.31. The zero-order valence-corrected chi connectivity index (χ0v) is 20.1. The molecule has 0 amide bonds. The second-order valence-electron chi connectivity index (χ2n) is 8.63. The number of nitrogens with zero attached hydrogens (tertiary/aromatic N) is 2. The molecule has 0 unspecified atom stereocenters. The minimum absolute atomic E-state index is 0.245. The highest BCUT2D eigenvalue weighted by atomic mass is 35.5. The first-order valence-corrected chi connectivity index (χ1v) is 12.1. The number of pyridine rings is 2. The maximum absolute atomic E-state index is 13.4. The minimum Gasteiger partial charge on any atom is -0.383 e. The Hall–Kier alpha value is -2.74. The van der Waals surface area contributed by atoms with E-state index in [0.717, 1.165) is 67.0 Å². The molecule has 4 rings (SSSR count). The Bertz CT molecular complexity index is 1070. The molecule has 34 heavy (non-hydrogen) atoms. The molecule has 0 bridgehead atoms. The molecule has 6 nitrogen and oxygen atoms in total. The summed E-state index contributed by atoms with van der Waals surface area (Å²) in [6.07, 6.45) is 9.65. The number of nitrogens with one attached hydrogen (secondary N) is 3. The quantitative estimate of drug-likeness (QED) is 0.330. The molecule has 0 atom stereocenters. The topological polar surface area (TPSA) is 71.1 Å². The summed E-state index contributed by atoms with van der Waals surface area (Å²) in [6, 6.07) is 11.5. The highest BCUT2D eigenvalue weighted by Gasteiger charge is 2.21. The van der Waals surface area contributed by atoms with Crippen molar-refractivity contribution in [3.05, 3.63) is 71.4 Å². The Labute approximate surface area is 205 Å². The second kappa shape index (κ2) is 12.1. The third-order valence-corrected chi connectivity index (χ3v) is 6.41. The largest absolute Gasteiger partial charge is 0.383 e. The van der Waals surface area contributed by atoms with Crippen molar-refractivity contribution in [1.29, 1.82) is 0 Å². The molecule has 1 aromatic carbocycles. The zero-order valence-electron chi connectivity index (χ0n) is 19.4. The van der Waals surface area contributed by atoms with Gasteiger partial charge in [-0.2, -0.15) is 0 Å². The third kappa shape index (κ3) is 6.88. The minimum atomic E-state index is -0.245. The lowest BCUT2D eigenvalue weighted by Crippen LogP contribution is -2.38. The average molecular weight is 484 g/mol. The molecule has 180 valence electrons. The smallest absolute Gasteiger partial charge is 0.126 e. The number of anilines is 2. The van der Waals surface area contributed by atoms with E-state index in [0.29, 0.717) is 23.7 Å². The fraction of sp³-hybridized carbons (Fsp3) is 0.385. The van der Waals surface area contributed by atoms with Crippen LogP contribution >= 0.6 is 11.6 Å². The van der Waals surface area contributed by atoms with Crippen molar-refractivity contribution in [2.24, 2.45) is 0 Å². The van der Waals surface area contributed by atoms with Crippen molar-refractivity contribution < 1.29 is 9.13 Å². The molecule has 8 heteroatoms.